The van der Waals surface area contributed by atoms with Gasteiger partial charge in [0.15, 0.2) is 0 Å². The van der Waals surface area contributed by atoms with Gasteiger partial charge in [0.2, 0.25) is 0 Å². The molecular formula is C31H43NO10. The molecule has 1 saturated heterocycles. The number of piperidine rings is 1. The maximum absolute atomic E-state index is 13.5. The monoisotopic (exact) mass is 589 g/mol. The number of rotatable bonds is 7. The second-order valence-electron chi connectivity index (χ2n) is 13.7. The molecule has 1 heterocycles. The minimum atomic E-state index is -1.86. The third-order valence-corrected chi connectivity index (χ3v) is 12.6. The fourth-order valence-corrected chi connectivity index (χ4v) is 11.8. The molecule has 15 atom stereocenters. The smallest absolute Gasteiger partial charge is 0.338 e. The summed E-state index contributed by atoms with van der Waals surface area (Å²) in [6.07, 6.45) is -5.28. The van der Waals surface area contributed by atoms with E-state index in [-0.39, 0.29) is 25.0 Å². The number of aliphatic hydroxyl groups excluding tert-OH is 2. The second kappa shape index (κ2) is 9.42. The van der Waals surface area contributed by atoms with Crippen LogP contribution in [0.1, 0.15) is 23.2 Å². The largest absolute Gasteiger partial charge is 0.455 e. The molecule has 6 aliphatic rings. The molecule has 5 aliphatic carbocycles. The van der Waals surface area contributed by atoms with Gasteiger partial charge >= 0.3 is 5.97 Å². The average Bonchev–Trinajstić information content (AvgIpc) is 3.37. The molecule has 0 amide bonds. The van der Waals surface area contributed by atoms with Crippen molar-refractivity contribution in [1.29, 1.82) is 0 Å². The number of ether oxygens (including phenoxy) is 5. The normalized spacial score (nSPS) is 53.7. The second-order valence-corrected chi connectivity index (χ2v) is 13.7. The van der Waals surface area contributed by atoms with Gasteiger partial charge in [0, 0.05) is 76.0 Å². The lowest BCUT2D eigenvalue weighted by atomic mass is 9.42. The molecule has 1 aromatic carbocycles. The van der Waals surface area contributed by atoms with Crippen LogP contribution < -0.4 is 0 Å². The molecule has 0 aromatic heterocycles. The lowest BCUT2D eigenvalue weighted by molar-refractivity contribution is -0.318. The summed E-state index contributed by atoms with van der Waals surface area (Å²) in [5.74, 6) is -2.96. The molecule has 42 heavy (non-hydrogen) atoms. The van der Waals surface area contributed by atoms with E-state index < -0.39 is 82.4 Å². The van der Waals surface area contributed by atoms with Crippen LogP contribution in [0.2, 0.25) is 0 Å². The van der Waals surface area contributed by atoms with E-state index in [0.29, 0.717) is 18.5 Å². The molecule has 1 aliphatic heterocycles. The number of likely N-dealkylation sites (tertiary alicyclic amines) is 1. The van der Waals surface area contributed by atoms with Gasteiger partial charge in [0.1, 0.15) is 29.5 Å². The van der Waals surface area contributed by atoms with Crippen LogP contribution in [0.25, 0.3) is 0 Å². The van der Waals surface area contributed by atoms with E-state index in [2.05, 4.69) is 4.90 Å². The summed E-state index contributed by atoms with van der Waals surface area (Å²) < 4.78 is 30.3. The molecule has 6 fully saturated rings. The van der Waals surface area contributed by atoms with Crippen LogP contribution in [0.4, 0.5) is 0 Å². The van der Waals surface area contributed by atoms with Crippen LogP contribution in [-0.2, 0) is 23.7 Å². The molecular weight excluding hydrogens is 546 g/mol. The van der Waals surface area contributed by atoms with Crippen LogP contribution in [0.3, 0.4) is 0 Å². The number of nitrogens with zero attached hydrogens (tertiary/aromatic N) is 1. The van der Waals surface area contributed by atoms with Crippen LogP contribution >= 0.6 is 0 Å². The van der Waals surface area contributed by atoms with Crippen molar-refractivity contribution in [2.24, 2.45) is 34.5 Å². The minimum Gasteiger partial charge on any atom is -0.455 e. The maximum atomic E-state index is 13.5. The lowest BCUT2D eigenvalue weighted by Crippen LogP contribution is -2.80. The molecule has 4 N–H and O–H groups in total. The maximum Gasteiger partial charge on any atom is 0.338 e. The SMILES string of the molecule is COC[C@]12CN(C)C3C4[C@H](OC)[C@H]1C3([C@@H](OC)C[C@H]2O)[C@H]1C[C@]2(O)[C@H](OC(=O)c3ccccc3)[C@@H]1[C@]4(O)[C@@H](O)[C@@H]2OC. The van der Waals surface area contributed by atoms with E-state index in [1.165, 1.54) is 7.11 Å². The van der Waals surface area contributed by atoms with Gasteiger partial charge in [-0.3, -0.25) is 0 Å². The summed E-state index contributed by atoms with van der Waals surface area (Å²) in [6.45, 7) is 0.760. The third-order valence-electron chi connectivity index (χ3n) is 12.6. The quantitative estimate of drug-likeness (QED) is 0.311. The number of hydrogen-bond donors (Lipinski definition) is 4. The summed E-state index contributed by atoms with van der Waals surface area (Å²) in [4.78, 5) is 15.7. The van der Waals surface area contributed by atoms with E-state index in [9.17, 15) is 25.2 Å². The van der Waals surface area contributed by atoms with E-state index >= 15 is 0 Å². The first-order valence-corrected chi connectivity index (χ1v) is 14.9. The first-order valence-electron chi connectivity index (χ1n) is 14.9. The zero-order valence-electron chi connectivity index (χ0n) is 24.8. The standard InChI is InChI=1S/C31H43NO10/c1-32-13-28(14-38-2)17(33)11-18(39-3)30-16-12-29(36)25(42-27(35)15-9-7-6-8-10-15)19(16)31(37,24(34)26(29)41-5)20(23(30)32)21(40-4)22(28)30/h6-10,16-26,33-34,36-37H,11-14H2,1-5H3/t16-,17+,18-,19+,20?,21-,22+,23?,24-,25+,26-,28-,29-,30?,31+/m0/s1. The van der Waals surface area contributed by atoms with Crippen molar-refractivity contribution in [1.82, 2.24) is 4.90 Å². The fourth-order valence-electron chi connectivity index (χ4n) is 11.8. The number of carbonyl (C=O) groups excluding carboxylic acids is 1. The lowest BCUT2D eigenvalue weighted by Gasteiger charge is -2.69. The predicted molar refractivity (Wildman–Crippen MR) is 146 cm³/mol. The Hall–Kier alpha value is -1.67. The summed E-state index contributed by atoms with van der Waals surface area (Å²) in [5, 5.41) is 49.4. The summed E-state index contributed by atoms with van der Waals surface area (Å²) in [5.41, 5.74) is -4.81. The molecule has 0 radical (unpaired) electrons. The van der Waals surface area contributed by atoms with E-state index in [0.717, 1.165) is 0 Å². The number of aliphatic hydroxyl groups is 4. The number of benzene rings is 1. The van der Waals surface area contributed by atoms with E-state index in [1.807, 2.05) is 7.05 Å². The molecule has 7 bridgehead atoms. The third kappa shape index (κ3) is 3.05. The zero-order valence-corrected chi connectivity index (χ0v) is 24.8. The summed E-state index contributed by atoms with van der Waals surface area (Å²) in [7, 11) is 8.22. The first-order chi connectivity index (χ1) is 20.0. The predicted octanol–water partition coefficient (Wildman–Crippen LogP) is -0.313. The first kappa shape index (κ1) is 29.1. The van der Waals surface area contributed by atoms with Gasteiger partial charge in [0.05, 0.1) is 30.5 Å². The molecule has 11 heteroatoms. The van der Waals surface area contributed by atoms with Crippen molar-refractivity contribution < 1.29 is 48.9 Å². The Morgan fingerprint density at radius 3 is 2.33 bits per heavy atom. The zero-order chi connectivity index (χ0) is 30.0. The van der Waals surface area contributed by atoms with Crippen LogP contribution in [0.5, 0.6) is 0 Å². The number of hydrogen-bond acceptors (Lipinski definition) is 11. The Labute approximate surface area is 245 Å². The van der Waals surface area contributed by atoms with Crippen LogP contribution in [0, 0.1) is 34.5 Å². The van der Waals surface area contributed by atoms with E-state index in [1.54, 1.807) is 51.7 Å². The van der Waals surface area contributed by atoms with Gasteiger partial charge in [-0.15, -0.1) is 0 Å². The van der Waals surface area contributed by atoms with Gasteiger partial charge in [0.25, 0.3) is 0 Å². The number of esters is 1. The fraction of sp³-hybridized carbons (Fsp3) is 0.774. The molecule has 1 aromatic rings. The molecule has 1 spiro atoms. The Bertz CT molecular complexity index is 1240. The minimum absolute atomic E-state index is 0.102. The highest BCUT2D eigenvalue weighted by Crippen LogP contribution is 2.80. The van der Waals surface area contributed by atoms with Gasteiger partial charge in [-0.25, -0.2) is 4.79 Å². The van der Waals surface area contributed by atoms with Gasteiger partial charge in [-0.2, -0.15) is 0 Å². The van der Waals surface area contributed by atoms with Crippen LogP contribution in [-0.4, -0.2) is 134 Å². The Kier molecular flexibility index (Phi) is 6.52. The van der Waals surface area contributed by atoms with Crippen molar-refractivity contribution in [2.45, 2.75) is 66.7 Å². The van der Waals surface area contributed by atoms with Crippen molar-refractivity contribution in [3.05, 3.63) is 35.9 Å². The Morgan fingerprint density at radius 2 is 1.71 bits per heavy atom. The number of methoxy groups -OCH3 is 4. The molecule has 5 saturated carbocycles. The van der Waals surface area contributed by atoms with Crippen molar-refractivity contribution in [2.75, 3.05) is 48.6 Å². The highest BCUT2D eigenvalue weighted by atomic mass is 16.6. The summed E-state index contributed by atoms with van der Waals surface area (Å²) >= 11 is 0. The van der Waals surface area contributed by atoms with Crippen molar-refractivity contribution in [3.63, 3.8) is 0 Å². The highest BCUT2D eigenvalue weighted by Gasteiger charge is 2.91. The molecule has 232 valence electrons. The molecule has 7 rings (SSSR count). The van der Waals surface area contributed by atoms with Crippen molar-refractivity contribution >= 4 is 5.97 Å². The topological polar surface area (TPSA) is 147 Å². The van der Waals surface area contributed by atoms with Gasteiger partial charge in [-0.05, 0) is 31.5 Å². The van der Waals surface area contributed by atoms with Gasteiger partial charge in [-0.1, -0.05) is 18.2 Å². The number of fused-ring (bicyclic) bond motifs is 2. The molecule has 11 nitrogen and oxygen atoms in total. The van der Waals surface area contributed by atoms with E-state index in [4.69, 9.17) is 23.7 Å². The van der Waals surface area contributed by atoms with Crippen molar-refractivity contribution in [3.8, 4) is 0 Å². The average molecular weight is 590 g/mol. The summed E-state index contributed by atoms with van der Waals surface area (Å²) in [6, 6.07) is 8.22. The highest BCUT2D eigenvalue weighted by molar-refractivity contribution is 5.89. The molecule has 3 unspecified atom stereocenters. The number of carbonyl (C=O) groups is 1. The Balaban J connectivity index is 1.47. The van der Waals surface area contributed by atoms with Gasteiger partial charge < -0.3 is 49.0 Å². The Morgan fingerprint density at radius 1 is 1.00 bits per heavy atom. The van der Waals surface area contributed by atoms with Crippen LogP contribution in [0.15, 0.2) is 30.3 Å².